The number of hydrogen-bond donors (Lipinski definition) is 3. The van der Waals surface area contributed by atoms with Crippen molar-refractivity contribution in [1.29, 1.82) is 0 Å². The Kier molecular flexibility index (Phi) is 5.13. The van der Waals surface area contributed by atoms with E-state index < -0.39 is 0 Å². The minimum atomic E-state index is 0.552. The summed E-state index contributed by atoms with van der Waals surface area (Å²) in [6.45, 7) is 3.99. The van der Waals surface area contributed by atoms with Crippen LogP contribution in [0.25, 0.3) is 0 Å². The maximum Gasteiger partial charge on any atom is 0.228 e. The van der Waals surface area contributed by atoms with Crippen LogP contribution in [0.15, 0.2) is 5.16 Å². The summed E-state index contributed by atoms with van der Waals surface area (Å²) < 4.78 is 0. The maximum absolute atomic E-state index is 5.39. The zero-order chi connectivity index (χ0) is 11.1. The van der Waals surface area contributed by atoms with Crippen molar-refractivity contribution in [2.75, 3.05) is 36.5 Å². The van der Waals surface area contributed by atoms with Crippen molar-refractivity contribution in [3.05, 3.63) is 0 Å². The Morgan fingerprint density at radius 2 is 1.87 bits per heavy atom. The molecule has 15 heavy (non-hydrogen) atoms. The SMILES string of the molecule is CCNc1nc(NCCN)nc(SC)n1. The first kappa shape index (κ1) is 12.0. The van der Waals surface area contributed by atoms with Crippen LogP contribution in [0.5, 0.6) is 0 Å². The van der Waals surface area contributed by atoms with Crippen molar-refractivity contribution in [1.82, 2.24) is 15.0 Å². The van der Waals surface area contributed by atoms with E-state index in [1.54, 1.807) is 0 Å². The standard InChI is InChI=1S/C8H16N6S/c1-3-10-6-12-7(11-5-4-9)14-8(13-6)15-2/h3-5,9H2,1-2H3,(H2,10,11,12,13,14). The number of rotatable bonds is 6. The van der Waals surface area contributed by atoms with Crippen molar-refractivity contribution < 1.29 is 0 Å². The first-order valence-corrected chi connectivity index (χ1v) is 6.00. The Morgan fingerprint density at radius 3 is 2.40 bits per heavy atom. The fourth-order valence-electron chi connectivity index (χ4n) is 0.948. The summed E-state index contributed by atoms with van der Waals surface area (Å²) in [5.41, 5.74) is 5.39. The van der Waals surface area contributed by atoms with Crippen LogP contribution in [0.4, 0.5) is 11.9 Å². The van der Waals surface area contributed by atoms with Gasteiger partial charge in [-0.25, -0.2) is 0 Å². The lowest BCUT2D eigenvalue weighted by molar-refractivity contribution is 0.885. The summed E-state index contributed by atoms with van der Waals surface area (Å²) in [5.74, 6) is 1.16. The summed E-state index contributed by atoms with van der Waals surface area (Å²) in [4.78, 5) is 12.6. The van der Waals surface area contributed by atoms with Gasteiger partial charge in [0, 0.05) is 19.6 Å². The Hall–Kier alpha value is -1.08. The molecule has 6 nitrogen and oxygen atoms in total. The van der Waals surface area contributed by atoms with Gasteiger partial charge in [-0.2, -0.15) is 15.0 Å². The van der Waals surface area contributed by atoms with Crippen LogP contribution in [-0.2, 0) is 0 Å². The van der Waals surface area contributed by atoms with Crippen molar-refractivity contribution in [3.63, 3.8) is 0 Å². The number of hydrogen-bond acceptors (Lipinski definition) is 7. The van der Waals surface area contributed by atoms with Crippen molar-refractivity contribution in [3.8, 4) is 0 Å². The van der Waals surface area contributed by atoms with Crippen molar-refractivity contribution >= 4 is 23.7 Å². The van der Waals surface area contributed by atoms with Crippen LogP contribution in [0.1, 0.15) is 6.92 Å². The second kappa shape index (κ2) is 6.41. The summed E-state index contributed by atoms with van der Waals surface area (Å²) in [6, 6.07) is 0. The highest BCUT2D eigenvalue weighted by Crippen LogP contribution is 2.12. The monoisotopic (exact) mass is 228 g/mol. The Bertz CT molecular complexity index is 305. The highest BCUT2D eigenvalue weighted by Gasteiger charge is 2.03. The van der Waals surface area contributed by atoms with Crippen LogP contribution in [0.2, 0.25) is 0 Å². The van der Waals surface area contributed by atoms with E-state index in [0.717, 1.165) is 6.54 Å². The molecule has 0 unspecified atom stereocenters. The summed E-state index contributed by atoms with van der Waals surface area (Å²) in [6.07, 6.45) is 1.93. The predicted octanol–water partition coefficient (Wildman–Crippen LogP) is 0.396. The first-order valence-electron chi connectivity index (χ1n) is 4.78. The van der Waals surface area contributed by atoms with Gasteiger partial charge >= 0.3 is 0 Å². The number of aromatic nitrogens is 3. The number of nitrogens with two attached hydrogens (primary N) is 1. The van der Waals surface area contributed by atoms with E-state index in [1.165, 1.54) is 11.8 Å². The third kappa shape index (κ3) is 3.88. The molecule has 7 heteroatoms. The van der Waals surface area contributed by atoms with Gasteiger partial charge in [0.15, 0.2) is 5.16 Å². The molecule has 0 aromatic carbocycles. The van der Waals surface area contributed by atoms with Gasteiger partial charge in [-0.05, 0) is 13.2 Å². The third-order valence-corrected chi connectivity index (χ3v) is 2.11. The molecular formula is C8H16N6S. The van der Waals surface area contributed by atoms with Gasteiger partial charge in [-0.3, -0.25) is 0 Å². The first-order chi connectivity index (χ1) is 7.30. The molecule has 0 radical (unpaired) electrons. The minimum Gasteiger partial charge on any atom is -0.354 e. The van der Waals surface area contributed by atoms with Crippen molar-refractivity contribution in [2.45, 2.75) is 12.1 Å². The average Bonchev–Trinajstić information content (AvgIpc) is 2.26. The highest BCUT2D eigenvalue weighted by atomic mass is 32.2. The Morgan fingerprint density at radius 1 is 1.20 bits per heavy atom. The summed E-state index contributed by atoms with van der Waals surface area (Å²) in [5, 5.41) is 6.77. The van der Waals surface area contributed by atoms with Crippen LogP contribution in [0, 0.1) is 0 Å². The molecule has 84 valence electrons. The lowest BCUT2D eigenvalue weighted by Gasteiger charge is -2.07. The zero-order valence-corrected chi connectivity index (χ0v) is 9.77. The topological polar surface area (TPSA) is 88.8 Å². The molecule has 1 aromatic rings. The number of thioether (sulfide) groups is 1. The van der Waals surface area contributed by atoms with Crippen LogP contribution >= 0.6 is 11.8 Å². The van der Waals surface area contributed by atoms with Crippen molar-refractivity contribution in [2.24, 2.45) is 5.73 Å². The lowest BCUT2D eigenvalue weighted by atomic mass is 10.6. The van der Waals surface area contributed by atoms with E-state index in [1.807, 2.05) is 13.2 Å². The molecule has 0 bridgehead atoms. The average molecular weight is 228 g/mol. The molecule has 0 atom stereocenters. The van der Waals surface area contributed by atoms with E-state index in [4.69, 9.17) is 5.73 Å². The number of anilines is 2. The van der Waals surface area contributed by atoms with E-state index in [-0.39, 0.29) is 0 Å². The molecule has 1 rings (SSSR count). The Balaban J connectivity index is 2.79. The Labute approximate surface area is 93.5 Å². The van der Waals surface area contributed by atoms with Gasteiger partial charge < -0.3 is 16.4 Å². The molecule has 4 N–H and O–H groups in total. The van der Waals surface area contributed by atoms with E-state index in [9.17, 15) is 0 Å². The van der Waals surface area contributed by atoms with Crippen LogP contribution < -0.4 is 16.4 Å². The molecular weight excluding hydrogens is 212 g/mol. The third-order valence-electron chi connectivity index (χ3n) is 1.56. The quantitative estimate of drug-likeness (QED) is 0.607. The van der Waals surface area contributed by atoms with Gasteiger partial charge in [0.1, 0.15) is 0 Å². The fraction of sp³-hybridized carbons (Fsp3) is 0.625. The minimum absolute atomic E-state index is 0.552. The van der Waals surface area contributed by atoms with E-state index in [0.29, 0.717) is 30.1 Å². The molecule has 0 amide bonds. The smallest absolute Gasteiger partial charge is 0.228 e. The van der Waals surface area contributed by atoms with Gasteiger partial charge in [-0.15, -0.1) is 0 Å². The zero-order valence-electron chi connectivity index (χ0n) is 8.95. The molecule has 1 heterocycles. The molecule has 0 aliphatic heterocycles. The normalized spacial score (nSPS) is 10.1. The summed E-state index contributed by atoms with van der Waals surface area (Å²) >= 11 is 1.48. The van der Waals surface area contributed by atoms with Gasteiger partial charge in [0.05, 0.1) is 0 Å². The number of nitrogens with one attached hydrogen (secondary N) is 2. The van der Waals surface area contributed by atoms with Gasteiger partial charge in [0.2, 0.25) is 11.9 Å². The van der Waals surface area contributed by atoms with E-state index >= 15 is 0 Å². The molecule has 0 saturated heterocycles. The largest absolute Gasteiger partial charge is 0.354 e. The molecule has 0 saturated carbocycles. The summed E-state index contributed by atoms with van der Waals surface area (Å²) in [7, 11) is 0. The highest BCUT2D eigenvalue weighted by molar-refractivity contribution is 7.98. The molecule has 0 aliphatic carbocycles. The molecule has 0 fully saturated rings. The van der Waals surface area contributed by atoms with Gasteiger partial charge in [-0.1, -0.05) is 11.8 Å². The van der Waals surface area contributed by atoms with Crippen LogP contribution in [0.3, 0.4) is 0 Å². The molecule has 0 spiro atoms. The maximum atomic E-state index is 5.39. The second-order valence-electron chi connectivity index (χ2n) is 2.72. The number of nitrogens with zero attached hydrogens (tertiary/aromatic N) is 3. The van der Waals surface area contributed by atoms with E-state index in [2.05, 4.69) is 25.6 Å². The molecule has 0 aliphatic rings. The van der Waals surface area contributed by atoms with Gasteiger partial charge in [0.25, 0.3) is 0 Å². The molecule has 1 aromatic heterocycles. The van der Waals surface area contributed by atoms with Crippen LogP contribution in [-0.4, -0.2) is 40.8 Å². The fourth-order valence-corrected chi connectivity index (χ4v) is 1.30. The predicted molar refractivity (Wildman–Crippen MR) is 63.3 cm³/mol. The lowest BCUT2D eigenvalue weighted by Crippen LogP contribution is -2.16. The second-order valence-corrected chi connectivity index (χ2v) is 3.49.